The second kappa shape index (κ2) is 8.15. The number of carboxylic acids is 1. The van der Waals surface area contributed by atoms with Gasteiger partial charge in [-0.2, -0.15) is 0 Å². The second-order valence-electron chi connectivity index (χ2n) is 6.68. The molecular weight excluding hydrogens is 352 g/mol. The first-order chi connectivity index (χ1) is 12.7. The Morgan fingerprint density at radius 3 is 2.56 bits per heavy atom. The van der Waals surface area contributed by atoms with Gasteiger partial charge in [0.15, 0.2) is 5.65 Å². The van der Waals surface area contributed by atoms with Gasteiger partial charge in [-0.15, -0.1) is 0 Å². The molecule has 0 aliphatic heterocycles. The van der Waals surface area contributed by atoms with E-state index >= 15 is 0 Å². The van der Waals surface area contributed by atoms with E-state index in [0.717, 1.165) is 0 Å². The van der Waals surface area contributed by atoms with Crippen LogP contribution in [0, 0.1) is 0 Å². The summed E-state index contributed by atoms with van der Waals surface area (Å²) in [5.74, 6) is -1.37. The number of aryl methyl sites for hydroxylation is 1. The lowest BCUT2D eigenvalue weighted by Crippen LogP contribution is -2.34. The summed E-state index contributed by atoms with van der Waals surface area (Å²) in [5.41, 5.74) is -0.303. The molecule has 0 saturated heterocycles. The lowest BCUT2D eigenvalue weighted by molar-refractivity contribution is -0.137. The second-order valence-corrected chi connectivity index (χ2v) is 6.68. The molecule has 0 aliphatic carbocycles. The minimum absolute atomic E-state index is 0.0158. The van der Waals surface area contributed by atoms with Crippen LogP contribution in [0.4, 0.5) is 0 Å². The monoisotopic (exact) mass is 376 g/mol. The molecular formula is C18H24N4O5. The van der Waals surface area contributed by atoms with E-state index in [1.165, 1.54) is 9.47 Å². The predicted molar refractivity (Wildman–Crippen MR) is 100 cm³/mol. The summed E-state index contributed by atoms with van der Waals surface area (Å²) >= 11 is 0. The molecule has 0 aliphatic rings. The summed E-state index contributed by atoms with van der Waals surface area (Å²) in [5, 5.41) is 8.82. The summed E-state index contributed by atoms with van der Waals surface area (Å²) in [6.45, 7) is 6.09. The molecule has 0 fully saturated rings. The van der Waals surface area contributed by atoms with Gasteiger partial charge in [0, 0.05) is 32.3 Å². The van der Waals surface area contributed by atoms with Crippen LogP contribution >= 0.6 is 0 Å². The third-order valence-corrected chi connectivity index (χ3v) is 4.34. The molecule has 0 spiro atoms. The Morgan fingerprint density at radius 2 is 2.00 bits per heavy atom. The van der Waals surface area contributed by atoms with Gasteiger partial charge in [-0.3, -0.25) is 23.9 Å². The summed E-state index contributed by atoms with van der Waals surface area (Å²) in [4.78, 5) is 56.2. The number of H-pyrrole nitrogens is 1. The molecule has 27 heavy (non-hydrogen) atoms. The quantitative estimate of drug-likeness (QED) is 0.747. The third-order valence-electron chi connectivity index (χ3n) is 4.34. The number of nitrogens with zero attached hydrogens (tertiary/aromatic N) is 3. The number of carbonyl (C=O) groups is 2. The topological polar surface area (TPSA) is 125 Å². The van der Waals surface area contributed by atoms with E-state index in [2.05, 4.69) is 9.97 Å². The Labute approximate surface area is 155 Å². The summed E-state index contributed by atoms with van der Waals surface area (Å²) < 4.78 is 1.32. The van der Waals surface area contributed by atoms with Crippen LogP contribution in [0.2, 0.25) is 0 Å². The van der Waals surface area contributed by atoms with E-state index in [0.29, 0.717) is 18.7 Å². The van der Waals surface area contributed by atoms with E-state index in [1.54, 1.807) is 20.0 Å². The number of aliphatic carboxylic acids is 1. The number of carbonyl (C=O) groups excluding carboxylic acids is 1. The Bertz CT molecular complexity index is 990. The number of amides is 1. The lowest BCUT2D eigenvalue weighted by atomic mass is 10.0. The van der Waals surface area contributed by atoms with Gasteiger partial charge in [-0.05, 0) is 25.3 Å². The minimum atomic E-state index is -0.935. The smallest absolute Gasteiger partial charge is 0.329 e. The number of aromatic amines is 1. The Balaban J connectivity index is 2.64. The van der Waals surface area contributed by atoms with Crippen molar-refractivity contribution in [1.82, 2.24) is 19.4 Å². The summed E-state index contributed by atoms with van der Waals surface area (Å²) in [6.07, 6.45) is 0.246. The number of rotatable bonds is 7. The third kappa shape index (κ3) is 4.24. The Hall–Kier alpha value is -2.97. The first-order valence-electron chi connectivity index (χ1n) is 8.82. The van der Waals surface area contributed by atoms with Crippen LogP contribution in [0.5, 0.6) is 0 Å². The Morgan fingerprint density at radius 1 is 1.33 bits per heavy atom. The standard InChI is InChI=1S/C18H24N4O5/c1-5-22-15-14(16(25)20-18(22)27)11(9-12(19-15)10(2)3)17(26)21(4)8-6-7-13(23)24/h9-10H,5-8H2,1-4H3,(H,23,24)(H,20,25,27). The highest BCUT2D eigenvalue weighted by Gasteiger charge is 2.22. The molecule has 2 aromatic heterocycles. The lowest BCUT2D eigenvalue weighted by Gasteiger charge is -2.19. The van der Waals surface area contributed by atoms with E-state index in [-0.39, 0.29) is 35.5 Å². The molecule has 2 N–H and O–H groups in total. The molecule has 0 atom stereocenters. The van der Waals surface area contributed by atoms with Gasteiger partial charge in [0.1, 0.15) is 0 Å². The van der Waals surface area contributed by atoms with Crippen molar-refractivity contribution in [2.75, 3.05) is 13.6 Å². The van der Waals surface area contributed by atoms with Crippen molar-refractivity contribution in [1.29, 1.82) is 0 Å². The fourth-order valence-electron chi connectivity index (χ4n) is 2.83. The maximum absolute atomic E-state index is 13.0. The Kier molecular flexibility index (Phi) is 6.14. The predicted octanol–water partition coefficient (Wildman–Crippen LogP) is 1.16. The first-order valence-corrected chi connectivity index (χ1v) is 8.82. The zero-order valence-corrected chi connectivity index (χ0v) is 15.9. The molecule has 146 valence electrons. The maximum Gasteiger partial charge on any atom is 0.329 e. The van der Waals surface area contributed by atoms with E-state index in [9.17, 15) is 19.2 Å². The SMILES string of the molecule is CCn1c(=O)[nH]c(=O)c2c(C(=O)N(C)CCCC(=O)O)cc(C(C)C)nc21. The van der Waals surface area contributed by atoms with E-state index in [1.807, 2.05) is 13.8 Å². The van der Waals surface area contributed by atoms with Crippen molar-refractivity contribution < 1.29 is 14.7 Å². The molecule has 0 radical (unpaired) electrons. The van der Waals surface area contributed by atoms with Gasteiger partial charge < -0.3 is 10.0 Å². The molecule has 9 nitrogen and oxygen atoms in total. The fourth-order valence-corrected chi connectivity index (χ4v) is 2.83. The van der Waals surface area contributed by atoms with Crippen molar-refractivity contribution >= 4 is 22.9 Å². The molecule has 0 bridgehead atoms. The highest BCUT2D eigenvalue weighted by atomic mass is 16.4. The van der Waals surface area contributed by atoms with Gasteiger partial charge in [-0.1, -0.05) is 13.8 Å². The van der Waals surface area contributed by atoms with Crippen LogP contribution in [0.1, 0.15) is 55.6 Å². The normalized spacial score (nSPS) is 11.1. The first kappa shape index (κ1) is 20.3. The number of fused-ring (bicyclic) bond motifs is 1. The fraction of sp³-hybridized carbons (Fsp3) is 0.500. The van der Waals surface area contributed by atoms with Crippen molar-refractivity contribution in [3.05, 3.63) is 38.2 Å². The van der Waals surface area contributed by atoms with Crippen molar-refractivity contribution in [2.24, 2.45) is 0 Å². The minimum Gasteiger partial charge on any atom is -0.481 e. The average molecular weight is 376 g/mol. The molecule has 2 rings (SSSR count). The molecule has 0 unspecified atom stereocenters. The van der Waals surface area contributed by atoms with Gasteiger partial charge in [0.25, 0.3) is 11.5 Å². The zero-order valence-electron chi connectivity index (χ0n) is 15.9. The highest BCUT2D eigenvalue weighted by Crippen LogP contribution is 2.21. The van der Waals surface area contributed by atoms with Crippen molar-refractivity contribution in [3.8, 4) is 0 Å². The number of pyridine rings is 1. The van der Waals surface area contributed by atoms with Crippen molar-refractivity contribution in [3.63, 3.8) is 0 Å². The van der Waals surface area contributed by atoms with Crippen LogP contribution in [-0.4, -0.2) is 50.0 Å². The number of hydrogen-bond acceptors (Lipinski definition) is 5. The zero-order chi connectivity index (χ0) is 20.3. The molecule has 2 heterocycles. The molecule has 0 aromatic carbocycles. The highest BCUT2D eigenvalue weighted by molar-refractivity contribution is 6.05. The summed E-state index contributed by atoms with van der Waals surface area (Å²) in [7, 11) is 1.55. The average Bonchev–Trinajstić information content (AvgIpc) is 2.59. The molecule has 1 amide bonds. The number of hydrogen-bond donors (Lipinski definition) is 2. The van der Waals surface area contributed by atoms with Gasteiger partial charge >= 0.3 is 11.7 Å². The van der Waals surface area contributed by atoms with Crippen LogP contribution in [-0.2, 0) is 11.3 Å². The number of nitrogens with one attached hydrogen (secondary N) is 1. The van der Waals surface area contributed by atoms with E-state index in [4.69, 9.17) is 5.11 Å². The van der Waals surface area contributed by atoms with Crippen LogP contribution in [0.15, 0.2) is 15.7 Å². The van der Waals surface area contributed by atoms with Gasteiger partial charge in [0.05, 0.1) is 10.9 Å². The summed E-state index contributed by atoms with van der Waals surface area (Å²) in [6, 6.07) is 1.57. The molecule has 0 saturated carbocycles. The largest absolute Gasteiger partial charge is 0.481 e. The van der Waals surface area contributed by atoms with Gasteiger partial charge in [-0.25, -0.2) is 9.78 Å². The number of aromatic nitrogens is 3. The number of carboxylic acid groups (broad SMARTS) is 1. The maximum atomic E-state index is 13.0. The van der Waals surface area contributed by atoms with E-state index < -0.39 is 23.1 Å². The van der Waals surface area contributed by atoms with Crippen LogP contribution in [0.3, 0.4) is 0 Å². The van der Waals surface area contributed by atoms with Crippen LogP contribution in [0.25, 0.3) is 11.0 Å². The molecule has 2 aromatic rings. The molecule has 9 heteroatoms. The van der Waals surface area contributed by atoms with Crippen molar-refractivity contribution in [2.45, 2.75) is 46.1 Å². The van der Waals surface area contributed by atoms with Gasteiger partial charge in [0.2, 0.25) is 0 Å². The van der Waals surface area contributed by atoms with Crippen LogP contribution < -0.4 is 11.2 Å².